The van der Waals surface area contributed by atoms with E-state index in [1.807, 2.05) is 0 Å². The lowest BCUT2D eigenvalue weighted by Crippen LogP contribution is -2.15. The lowest BCUT2D eigenvalue weighted by atomic mass is 9.77. The van der Waals surface area contributed by atoms with Crippen molar-refractivity contribution in [2.45, 2.75) is 78.1 Å². The number of anilines is 1. The molecule has 1 aromatic heterocycles. The third kappa shape index (κ3) is 3.77. The number of rotatable bonds is 6. The monoisotopic (exact) mass is 278 g/mol. The first kappa shape index (κ1) is 15.4. The third-order valence-electron chi connectivity index (χ3n) is 4.66. The van der Waals surface area contributed by atoms with Crippen LogP contribution in [0.5, 0.6) is 0 Å². The Balaban J connectivity index is 1.96. The highest BCUT2D eigenvalue weighted by atomic mass is 16.5. The van der Waals surface area contributed by atoms with E-state index in [4.69, 9.17) is 10.3 Å². The van der Waals surface area contributed by atoms with Gasteiger partial charge in [0.1, 0.15) is 0 Å². The van der Waals surface area contributed by atoms with Gasteiger partial charge in [0.15, 0.2) is 0 Å². The molecule has 0 amide bonds. The maximum Gasteiger partial charge on any atom is 0.225 e. The van der Waals surface area contributed by atoms with Gasteiger partial charge in [0.2, 0.25) is 5.88 Å². The van der Waals surface area contributed by atoms with E-state index in [1.165, 1.54) is 50.5 Å². The first-order chi connectivity index (χ1) is 9.61. The van der Waals surface area contributed by atoms with Crippen molar-refractivity contribution >= 4 is 5.88 Å². The smallest absolute Gasteiger partial charge is 0.225 e. The van der Waals surface area contributed by atoms with Crippen LogP contribution in [0.1, 0.15) is 82.9 Å². The van der Waals surface area contributed by atoms with Gasteiger partial charge >= 0.3 is 0 Å². The molecule has 0 atom stereocenters. The van der Waals surface area contributed by atoms with Gasteiger partial charge in [-0.1, -0.05) is 45.2 Å². The van der Waals surface area contributed by atoms with Gasteiger partial charge in [-0.2, -0.15) is 0 Å². The Morgan fingerprint density at radius 2 is 1.95 bits per heavy atom. The number of nitrogens with two attached hydrogens (primary N) is 1. The van der Waals surface area contributed by atoms with Crippen molar-refractivity contribution in [2.24, 2.45) is 11.8 Å². The van der Waals surface area contributed by atoms with Crippen LogP contribution in [0, 0.1) is 11.8 Å². The van der Waals surface area contributed by atoms with Crippen LogP contribution < -0.4 is 5.73 Å². The van der Waals surface area contributed by atoms with Gasteiger partial charge in [-0.15, -0.1) is 0 Å². The average Bonchev–Trinajstić information content (AvgIpc) is 2.78. The van der Waals surface area contributed by atoms with E-state index in [1.54, 1.807) is 0 Å². The van der Waals surface area contributed by atoms with Crippen molar-refractivity contribution in [1.29, 1.82) is 0 Å². The Kier molecular flexibility index (Phi) is 5.50. The van der Waals surface area contributed by atoms with E-state index >= 15 is 0 Å². The number of aromatic nitrogens is 1. The number of hydrogen-bond acceptors (Lipinski definition) is 3. The summed E-state index contributed by atoms with van der Waals surface area (Å²) >= 11 is 0. The molecule has 114 valence electrons. The summed E-state index contributed by atoms with van der Waals surface area (Å²) in [5, 5.41) is 4.28. The van der Waals surface area contributed by atoms with Crippen LogP contribution in [-0.4, -0.2) is 5.16 Å². The van der Waals surface area contributed by atoms with Crippen LogP contribution in [0.4, 0.5) is 5.88 Å². The van der Waals surface area contributed by atoms with E-state index in [-0.39, 0.29) is 0 Å². The zero-order chi connectivity index (χ0) is 14.5. The molecule has 0 bridgehead atoms. The second kappa shape index (κ2) is 7.14. The van der Waals surface area contributed by atoms with Crippen LogP contribution in [0.2, 0.25) is 0 Å². The first-order valence-electron chi connectivity index (χ1n) is 8.35. The molecule has 1 saturated carbocycles. The van der Waals surface area contributed by atoms with E-state index in [0.29, 0.717) is 17.7 Å². The first-order valence-corrected chi connectivity index (χ1v) is 8.35. The fourth-order valence-corrected chi connectivity index (χ4v) is 3.49. The molecule has 1 heterocycles. The lowest BCUT2D eigenvalue weighted by Gasteiger charge is -2.27. The Labute approximate surface area is 123 Å². The quantitative estimate of drug-likeness (QED) is 0.803. The molecule has 0 aliphatic heterocycles. The minimum atomic E-state index is 0.543. The average molecular weight is 278 g/mol. The molecule has 0 saturated heterocycles. The molecular weight excluding hydrogens is 248 g/mol. The molecule has 1 aliphatic rings. The Bertz CT molecular complexity index is 403. The van der Waals surface area contributed by atoms with Crippen molar-refractivity contribution in [3.63, 3.8) is 0 Å². The summed E-state index contributed by atoms with van der Waals surface area (Å²) in [5.74, 6) is 2.64. The van der Waals surface area contributed by atoms with E-state index < -0.39 is 0 Å². The molecule has 3 heteroatoms. The SMILES string of the molecule is CCCCC1CCC(c2noc(N)c2CC(C)C)CC1. The second-order valence-electron chi connectivity index (χ2n) is 6.87. The molecular formula is C17H30N2O. The van der Waals surface area contributed by atoms with Crippen LogP contribution in [0.3, 0.4) is 0 Å². The Hall–Kier alpha value is -0.990. The summed E-state index contributed by atoms with van der Waals surface area (Å²) in [5.41, 5.74) is 8.30. The summed E-state index contributed by atoms with van der Waals surface area (Å²) in [6.45, 7) is 6.72. The Morgan fingerprint density at radius 1 is 1.25 bits per heavy atom. The molecule has 1 aromatic rings. The molecule has 3 nitrogen and oxygen atoms in total. The molecule has 2 rings (SSSR count). The van der Waals surface area contributed by atoms with Gasteiger partial charge in [-0.05, 0) is 43.9 Å². The van der Waals surface area contributed by atoms with E-state index in [9.17, 15) is 0 Å². The van der Waals surface area contributed by atoms with Crippen molar-refractivity contribution < 1.29 is 4.52 Å². The van der Waals surface area contributed by atoms with Crippen molar-refractivity contribution in [3.05, 3.63) is 11.3 Å². The number of nitrogen functional groups attached to an aromatic ring is 1. The molecule has 20 heavy (non-hydrogen) atoms. The number of unbranched alkanes of at least 4 members (excludes halogenated alkanes) is 1. The van der Waals surface area contributed by atoms with Gasteiger partial charge in [-0.25, -0.2) is 0 Å². The highest BCUT2D eigenvalue weighted by molar-refractivity contribution is 5.40. The largest absolute Gasteiger partial charge is 0.367 e. The minimum Gasteiger partial charge on any atom is -0.367 e. The van der Waals surface area contributed by atoms with Crippen LogP contribution in [0.15, 0.2) is 4.52 Å². The molecule has 1 fully saturated rings. The standard InChI is InChI=1S/C17H30N2O/c1-4-5-6-13-7-9-14(10-8-13)16-15(11-12(2)3)17(18)20-19-16/h12-14H,4-11,18H2,1-3H3. The summed E-state index contributed by atoms with van der Waals surface area (Å²) in [7, 11) is 0. The van der Waals surface area contributed by atoms with Crippen LogP contribution in [0.25, 0.3) is 0 Å². The minimum absolute atomic E-state index is 0.543. The maximum atomic E-state index is 5.96. The summed E-state index contributed by atoms with van der Waals surface area (Å²) in [6.07, 6.45) is 10.3. The summed E-state index contributed by atoms with van der Waals surface area (Å²) < 4.78 is 5.27. The molecule has 0 spiro atoms. The molecule has 0 radical (unpaired) electrons. The fraction of sp³-hybridized carbons (Fsp3) is 0.824. The molecule has 0 unspecified atom stereocenters. The summed E-state index contributed by atoms with van der Waals surface area (Å²) in [4.78, 5) is 0. The van der Waals surface area contributed by atoms with Gasteiger partial charge in [0.05, 0.1) is 5.69 Å². The number of hydrogen-bond donors (Lipinski definition) is 1. The van der Waals surface area contributed by atoms with Gasteiger partial charge in [0.25, 0.3) is 0 Å². The summed E-state index contributed by atoms with van der Waals surface area (Å²) in [6, 6.07) is 0. The topological polar surface area (TPSA) is 52.0 Å². The molecule has 0 aromatic carbocycles. The molecule has 2 N–H and O–H groups in total. The predicted octanol–water partition coefficient (Wildman–Crippen LogP) is 4.92. The Morgan fingerprint density at radius 3 is 2.55 bits per heavy atom. The second-order valence-corrected chi connectivity index (χ2v) is 6.87. The van der Waals surface area contributed by atoms with Gasteiger partial charge in [-0.3, -0.25) is 0 Å². The highest BCUT2D eigenvalue weighted by Gasteiger charge is 2.27. The van der Waals surface area contributed by atoms with Gasteiger partial charge < -0.3 is 10.3 Å². The van der Waals surface area contributed by atoms with Crippen LogP contribution >= 0.6 is 0 Å². The zero-order valence-corrected chi connectivity index (χ0v) is 13.3. The highest BCUT2D eigenvalue weighted by Crippen LogP contribution is 2.39. The normalized spacial score (nSPS) is 23.4. The van der Waals surface area contributed by atoms with E-state index in [0.717, 1.165) is 18.0 Å². The van der Waals surface area contributed by atoms with Crippen LogP contribution in [-0.2, 0) is 6.42 Å². The molecule has 1 aliphatic carbocycles. The third-order valence-corrected chi connectivity index (χ3v) is 4.66. The van der Waals surface area contributed by atoms with Crippen molar-refractivity contribution in [3.8, 4) is 0 Å². The van der Waals surface area contributed by atoms with Gasteiger partial charge in [0, 0.05) is 11.5 Å². The fourth-order valence-electron chi connectivity index (χ4n) is 3.49. The van der Waals surface area contributed by atoms with Crippen molar-refractivity contribution in [1.82, 2.24) is 5.16 Å². The van der Waals surface area contributed by atoms with E-state index in [2.05, 4.69) is 25.9 Å². The maximum absolute atomic E-state index is 5.96. The number of nitrogens with zero attached hydrogens (tertiary/aromatic N) is 1. The zero-order valence-electron chi connectivity index (χ0n) is 13.3. The lowest BCUT2D eigenvalue weighted by molar-refractivity contribution is 0.294. The van der Waals surface area contributed by atoms with Crippen molar-refractivity contribution in [2.75, 3.05) is 5.73 Å². The predicted molar refractivity (Wildman–Crippen MR) is 83.7 cm³/mol.